The molecule has 8 heteroatoms. The minimum absolute atomic E-state index is 0.0432. The molecule has 2 fully saturated rings. The van der Waals surface area contributed by atoms with Gasteiger partial charge in [0.05, 0.1) is 17.3 Å². The SMILES string of the molecule is O=C(C1CC1)N1CC[C@H](Cn2c(-c3ccc(-c4ccc5occc5c4)cc3)nc3c(C(F)(F)F)cccc32)C1. The second kappa shape index (κ2) is 9.00. The van der Waals surface area contributed by atoms with Gasteiger partial charge in [0.1, 0.15) is 16.9 Å². The predicted molar refractivity (Wildman–Crippen MR) is 143 cm³/mol. The number of imidazole rings is 1. The van der Waals surface area contributed by atoms with Gasteiger partial charge < -0.3 is 13.9 Å². The first-order valence-electron chi connectivity index (χ1n) is 13.3. The van der Waals surface area contributed by atoms with Crippen molar-refractivity contribution in [3.05, 3.63) is 78.6 Å². The standard InChI is InChI=1S/C31H26F3N3O2/c32-31(33,34)25-2-1-3-26-28(25)35-29(37(26)18-19-12-14-36(17-19)30(38)22-8-9-22)21-6-4-20(5-7-21)23-10-11-27-24(16-23)13-15-39-27/h1-7,10-11,13,15-16,19,22H,8-9,12,14,17-18H2/t19-/m0/s1. The van der Waals surface area contributed by atoms with E-state index in [2.05, 4.69) is 4.98 Å². The zero-order chi connectivity index (χ0) is 26.7. The Hall–Kier alpha value is -4.07. The lowest BCUT2D eigenvalue weighted by Gasteiger charge is -2.18. The summed E-state index contributed by atoms with van der Waals surface area (Å²) in [6.07, 6.45) is -0.105. The van der Waals surface area contributed by atoms with Crippen molar-refractivity contribution in [1.29, 1.82) is 0 Å². The van der Waals surface area contributed by atoms with E-state index in [9.17, 15) is 18.0 Å². The van der Waals surface area contributed by atoms with Gasteiger partial charge in [0.25, 0.3) is 0 Å². The van der Waals surface area contributed by atoms with E-state index in [0.717, 1.165) is 53.0 Å². The number of amides is 1. The van der Waals surface area contributed by atoms with E-state index in [1.165, 1.54) is 6.07 Å². The smallest absolute Gasteiger partial charge is 0.418 e. The van der Waals surface area contributed by atoms with E-state index in [0.29, 0.717) is 31.0 Å². The maximum absolute atomic E-state index is 13.9. The molecule has 7 rings (SSSR count). The molecule has 198 valence electrons. The fraction of sp³-hybridized carbons (Fsp3) is 0.290. The first kappa shape index (κ1) is 24.0. The molecule has 39 heavy (non-hydrogen) atoms. The van der Waals surface area contributed by atoms with Gasteiger partial charge in [-0.25, -0.2) is 4.98 Å². The molecular weight excluding hydrogens is 503 g/mol. The van der Waals surface area contributed by atoms with E-state index in [1.807, 2.05) is 58.0 Å². The Morgan fingerprint density at radius 2 is 1.72 bits per heavy atom. The van der Waals surface area contributed by atoms with Crippen molar-refractivity contribution in [3.63, 3.8) is 0 Å². The molecule has 3 aromatic carbocycles. The van der Waals surface area contributed by atoms with Crippen molar-refractivity contribution < 1.29 is 22.4 Å². The molecule has 3 heterocycles. The average molecular weight is 530 g/mol. The normalized spacial score (nSPS) is 17.9. The molecule has 2 aromatic heterocycles. The number of hydrogen-bond acceptors (Lipinski definition) is 3. The van der Waals surface area contributed by atoms with Gasteiger partial charge in [-0.15, -0.1) is 0 Å². The molecule has 5 nitrogen and oxygen atoms in total. The predicted octanol–water partition coefficient (Wildman–Crippen LogP) is 7.39. The number of likely N-dealkylation sites (tertiary alicyclic amines) is 1. The summed E-state index contributed by atoms with van der Waals surface area (Å²) in [6, 6.07) is 19.9. The maximum Gasteiger partial charge on any atom is 0.418 e. The summed E-state index contributed by atoms with van der Waals surface area (Å²) < 4.78 is 49.1. The van der Waals surface area contributed by atoms with Crippen molar-refractivity contribution in [1.82, 2.24) is 14.5 Å². The Balaban J connectivity index is 1.26. The lowest BCUT2D eigenvalue weighted by Crippen LogP contribution is -2.30. The van der Waals surface area contributed by atoms with Crippen LogP contribution in [0.15, 0.2) is 77.4 Å². The number of carbonyl (C=O) groups excluding carboxylic acids is 1. The molecule has 1 saturated heterocycles. The summed E-state index contributed by atoms with van der Waals surface area (Å²) in [6.45, 7) is 1.83. The largest absolute Gasteiger partial charge is 0.464 e. The minimum Gasteiger partial charge on any atom is -0.464 e. The highest BCUT2D eigenvalue weighted by Crippen LogP contribution is 2.38. The number of nitrogens with zero attached hydrogens (tertiary/aromatic N) is 3. The minimum atomic E-state index is -4.51. The Morgan fingerprint density at radius 1 is 0.949 bits per heavy atom. The number of furan rings is 1. The van der Waals surface area contributed by atoms with E-state index < -0.39 is 11.7 Å². The van der Waals surface area contributed by atoms with E-state index >= 15 is 0 Å². The molecule has 0 radical (unpaired) electrons. The molecule has 1 aliphatic heterocycles. The molecule has 0 N–H and O–H groups in total. The van der Waals surface area contributed by atoms with Crippen LogP contribution in [0.25, 0.3) is 44.5 Å². The topological polar surface area (TPSA) is 51.3 Å². The van der Waals surface area contributed by atoms with E-state index in [-0.39, 0.29) is 23.3 Å². The molecule has 2 aliphatic rings. The Labute approximate surface area is 222 Å². The van der Waals surface area contributed by atoms with Gasteiger partial charge in [-0.3, -0.25) is 4.79 Å². The summed E-state index contributed by atoms with van der Waals surface area (Å²) in [5, 5.41) is 1.00. The monoisotopic (exact) mass is 529 g/mol. The summed E-state index contributed by atoms with van der Waals surface area (Å²) in [5.74, 6) is 1.04. The van der Waals surface area contributed by atoms with Crippen LogP contribution in [-0.4, -0.2) is 33.4 Å². The van der Waals surface area contributed by atoms with Gasteiger partial charge >= 0.3 is 6.18 Å². The van der Waals surface area contributed by atoms with Crippen LogP contribution in [0.1, 0.15) is 24.8 Å². The molecule has 0 spiro atoms. The van der Waals surface area contributed by atoms with Crippen LogP contribution in [-0.2, 0) is 17.5 Å². The Kier molecular flexibility index (Phi) is 5.54. The highest BCUT2D eigenvalue weighted by molar-refractivity contribution is 5.86. The summed E-state index contributed by atoms with van der Waals surface area (Å²) in [4.78, 5) is 19.1. The number of para-hydroxylation sites is 1. The first-order valence-corrected chi connectivity index (χ1v) is 13.3. The average Bonchev–Trinajstić information content (AvgIpc) is 3.32. The molecule has 1 amide bonds. The third-order valence-corrected chi connectivity index (χ3v) is 7.98. The van der Waals surface area contributed by atoms with Crippen LogP contribution >= 0.6 is 0 Å². The Morgan fingerprint density at radius 3 is 2.49 bits per heavy atom. The van der Waals surface area contributed by atoms with Gasteiger partial charge in [-0.1, -0.05) is 36.4 Å². The lowest BCUT2D eigenvalue weighted by molar-refractivity contribution is -0.136. The van der Waals surface area contributed by atoms with Crippen LogP contribution in [0, 0.1) is 11.8 Å². The molecule has 0 bridgehead atoms. The number of fused-ring (bicyclic) bond motifs is 2. The Bertz CT molecular complexity index is 1700. The molecular formula is C31H26F3N3O2. The van der Waals surface area contributed by atoms with Crippen molar-refractivity contribution in [3.8, 4) is 22.5 Å². The number of rotatable bonds is 5. The number of hydrogen-bond donors (Lipinski definition) is 0. The first-order chi connectivity index (χ1) is 18.8. The third kappa shape index (κ3) is 4.37. The number of aromatic nitrogens is 2. The second-order valence-electron chi connectivity index (χ2n) is 10.7. The molecule has 1 aliphatic carbocycles. The highest BCUT2D eigenvalue weighted by atomic mass is 19.4. The zero-order valence-electron chi connectivity index (χ0n) is 21.1. The quantitative estimate of drug-likeness (QED) is 0.239. The van der Waals surface area contributed by atoms with Crippen LogP contribution in [0.3, 0.4) is 0 Å². The number of benzene rings is 3. The van der Waals surface area contributed by atoms with Gasteiger partial charge in [0.15, 0.2) is 0 Å². The van der Waals surface area contributed by atoms with Crippen molar-refractivity contribution >= 4 is 27.9 Å². The molecule has 0 unspecified atom stereocenters. The maximum atomic E-state index is 13.9. The van der Waals surface area contributed by atoms with Crippen molar-refractivity contribution in [2.24, 2.45) is 11.8 Å². The summed E-state index contributed by atoms with van der Waals surface area (Å²) in [7, 11) is 0. The van der Waals surface area contributed by atoms with Crippen molar-refractivity contribution in [2.75, 3.05) is 13.1 Å². The second-order valence-corrected chi connectivity index (χ2v) is 10.7. The van der Waals surface area contributed by atoms with Crippen molar-refractivity contribution in [2.45, 2.75) is 32.0 Å². The van der Waals surface area contributed by atoms with Gasteiger partial charge in [0.2, 0.25) is 5.91 Å². The summed E-state index contributed by atoms with van der Waals surface area (Å²) in [5.41, 5.74) is 3.26. The fourth-order valence-electron chi connectivity index (χ4n) is 5.77. The van der Waals surface area contributed by atoms with Crippen LogP contribution in [0.2, 0.25) is 0 Å². The van der Waals surface area contributed by atoms with Crippen LogP contribution in [0.5, 0.6) is 0 Å². The number of alkyl halides is 3. The number of carbonyl (C=O) groups is 1. The number of halogens is 3. The third-order valence-electron chi connectivity index (χ3n) is 7.98. The van der Waals surface area contributed by atoms with Gasteiger partial charge in [0, 0.05) is 36.5 Å². The fourth-order valence-corrected chi connectivity index (χ4v) is 5.77. The lowest BCUT2D eigenvalue weighted by atomic mass is 10.0. The van der Waals surface area contributed by atoms with Gasteiger partial charge in [-0.05, 0) is 66.6 Å². The molecule has 1 saturated carbocycles. The summed E-state index contributed by atoms with van der Waals surface area (Å²) >= 11 is 0. The van der Waals surface area contributed by atoms with E-state index in [1.54, 1.807) is 12.3 Å². The van der Waals surface area contributed by atoms with Gasteiger partial charge in [-0.2, -0.15) is 13.2 Å². The van der Waals surface area contributed by atoms with E-state index in [4.69, 9.17) is 4.42 Å². The molecule has 5 aromatic rings. The van der Waals surface area contributed by atoms with Crippen LogP contribution in [0.4, 0.5) is 13.2 Å². The zero-order valence-corrected chi connectivity index (χ0v) is 21.1. The highest BCUT2D eigenvalue weighted by Gasteiger charge is 2.38. The molecule has 1 atom stereocenters. The van der Waals surface area contributed by atoms with Crippen LogP contribution < -0.4 is 0 Å².